The lowest BCUT2D eigenvalue weighted by Gasteiger charge is -2.12. The Morgan fingerprint density at radius 1 is 1.48 bits per heavy atom. The molecular weight excluding hydrogens is 297 g/mol. The lowest BCUT2D eigenvalue weighted by molar-refractivity contribution is -0.388. The van der Waals surface area contributed by atoms with Gasteiger partial charge in [0.15, 0.2) is 0 Å². The van der Waals surface area contributed by atoms with E-state index in [9.17, 15) is 28.1 Å². The molecule has 0 amide bonds. The van der Waals surface area contributed by atoms with Gasteiger partial charge in [-0.15, -0.1) is 13.2 Å². The Labute approximate surface area is 116 Å². The van der Waals surface area contributed by atoms with Crippen LogP contribution in [0.4, 0.5) is 18.9 Å². The quantitative estimate of drug-likeness (QED) is 0.502. The van der Waals surface area contributed by atoms with Crippen molar-refractivity contribution in [3.05, 3.63) is 33.9 Å². The molecule has 21 heavy (non-hydrogen) atoms. The Bertz CT molecular complexity index is 547. The summed E-state index contributed by atoms with van der Waals surface area (Å²) in [5.74, 6) is -1.68. The molecule has 7 nitrogen and oxygen atoms in total. The van der Waals surface area contributed by atoms with Crippen molar-refractivity contribution < 1.29 is 32.4 Å². The molecule has 0 heterocycles. The van der Waals surface area contributed by atoms with Crippen LogP contribution in [-0.4, -0.2) is 30.4 Å². The van der Waals surface area contributed by atoms with Crippen molar-refractivity contribution in [1.29, 1.82) is 0 Å². The Hall–Kier alpha value is -2.36. The van der Waals surface area contributed by atoms with Crippen molar-refractivity contribution in [2.45, 2.75) is 18.8 Å². The van der Waals surface area contributed by atoms with E-state index in [4.69, 9.17) is 5.73 Å². The Balaban J connectivity index is 3.03. The molecule has 0 unspecified atom stereocenters. The first kappa shape index (κ1) is 16.7. The molecule has 1 atom stereocenters. The van der Waals surface area contributed by atoms with E-state index in [1.54, 1.807) is 0 Å². The zero-order valence-corrected chi connectivity index (χ0v) is 10.7. The molecule has 0 radical (unpaired) electrons. The maximum absolute atomic E-state index is 12.1. The first-order chi connectivity index (χ1) is 9.64. The summed E-state index contributed by atoms with van der Waals surface area (Å²) in [4.78, 5) is 20.9. The van der Waals surface area contributed by atoms with E-state index in [-0.39, 0.29) is 12.0 Å². The monoisotopic (exact) mass is 308 g/mol. The fraction of sp³-hybridized carbons (Fsp3) is 0.364. The number of rotatable bonds is 5. The van der Waals surface area contributed by atoms with Gasteiger partial charge >= 0.3 is 18.0 Å². The van der Waals surface area contributed by atoms with Crippen molar-refractivity contribution >= 4 is 11.7 Å². The normalized spacial score (nSPS) is 12.6. The van der Waals surface area contributed by atoms with E-state index in [1.807, 2.05) is 0 Å². The number of methoxy groups -OCH3 is 1. The Morgan fingerprint density at radius 3 is 2.57 bits per heavy atom. The van der Waals surface area contributed by atoms with Crippen LogP contribution >= 0.6 is 0 Å². The molecule has 0 aliphatic carbocycles. The number of benzene rings is 1. The molecule has 0 bridgehead atoms. The minimum absolute atomic E-state index is 0.125. The number of alkyl halides is 3. The van der Waals surface area contributed by atoms with Gasteiger partial charge in [-0.1, -0.05) is 6.07 Å². The number of ether oxygens (including phenoxy) is 2. The SMILES string of the molecule is COC(=O)[C@H](N)Cc1ccc(OC(F)(F)F)c([N+](=O)[O-])c1. The van der Waals surface area contributed by atoms with Crippen LogP contribution in [0.3, 0.4) is 0 Å². The van der Waals surface area contributed by atoms with E-state index in [2.05, 4.69) is 9.47 Å². The molecule has 1 aromatic carbocycles. The molecule has 116 valence electrons. The van der Waals surface area contributed by atoms with E-state index in [0.29, 0.717) is 0 Å². The number of nitrogens with zero attached hydrogens (tertiary/aromatic N) is 1. The summed E-state index contributed by atoms with van der Waals surface area (Å²) in [6, 6.07) is 1.73. The van der Waals surface area contributed by atoms with E-state index < -0.39 is 34.7 Å². The van der Waals surface area contributed by atoms with Gasteiger partial charge in [-0.25, -0.2) is 0 Å². The summed E-state index contributed by atoms with van der Waals surface area (Å²) < 4.78 is 44.3. The summed E-state index contributed by atoms with van der Waals surface area (Å²) in [6.45, 7) is 0. The fourth-order valence-corrected chi connectivity index (χ4v) is 1.53. The van der Waals surface area contributed by atoms with Crippen molar-refractivity contribution in [2.24, 2.45) is 5.73 Å². The number of hydrogen-bond donors (Lipinski definition) is 1. The summed E-state index contributed by atoms with van der Waals surface area (Å²) >= 11 is 0. The van der Waals surface area contributed by atoms with Gasteiger partial charge in [0.25, 0.3) is 0 Å². The highest BCUT2D eigenvalue weighted by Crippen LogP contribution is 2.32. The van der Waals surface area contributed by atoms with Gasteiger partial charge in [0.1, 0.15) is 6.04 Å². The second kappa shape index (κ2) is 6.39. The summed E-state index contributed by atoms with van der Waals surface area (Å²) in [5.41, 5.74) is 4.80. The number of halogens is 3. The Morgan fingerprint density at radius 2 is 2.10 bits per heavy atom. The predicted octanol–water partition coefficient (Wildman–Crippen LogP) is 1.54. The van der Waals surface area contributed by atoms with Gasteiger partial charge in [-0.3, -0.25) is 14.9 Å². The zero-order chi connectivity index (χ0) is 16.2. The molecule has 0 spiro atoms. The molecule has 10 heteroatoms. The molecule has 0 aromatic heterocycles. The smallest absolute Gasteiger partial charge is 0.468 e. The third-order valence-corrected chi connectivity index (χ3v) is 2.41. The highest BCUT2D eigenvalue weighted by Gasteiger charge is 2.34. The van der Waals surface area contributed by atoms with Crippen molar-refractivity contribution in [2.75, 3.05) is 7.11 Å². The second-order valence-corrected chi connectivity index (χ2v) is 3.94. The minimum Gasteiger partial charge on any atom is -0.468 e. The molecule has 0 saturated heterocycles. The van der Waals surface area contributed by atoms with Crippen LogP contribution in [0.5, 0.6) is 5.75 Å². The maximum Gasteiger partial charge on any atom is 0.573 e. The van der Waals surface area contributed by atoms with Gasteiger partial charge in [0.05, 0.1) is 12.0 Å². The molecule has 1 aromatic rings. The van der Waals surface area contributed by atoms with Gasteiger partial charge in [-0.2, -0.15) is 0 Å². The fourth-order valence-electron chi connectivity index (χ4n) is 1.53. The van der Waals surface area contributed by atoms with E-state index in [1.165, 1.54) is 0 Å². The number of nitrogens with two attached hydrogens (primary N) is 1. The largest absolute Gasteiger partial charge is 0.573 e. The van der Waals surface area contributed by atoms with Crippen molar-refractivity contribution in [3.8, 4) is 5.75 Å². The second-order valence-electron chi connectivity index (χ2n) is 3.94. The topological polar surface area (TPSA) is 105 Å². The van der Waals surface area contributed by atoms with Gasteiger partial charge in [-0.05, 0) is 18.1 Å². The van der Waals surface area contributed by atoms with E-state index in [0.717, 1.165) is 25.3 Å². The van der Waals surface area contributed by atoms with Gasteiger partial charge < -0.3 is 15.2 Å². The Kier molecular flexibility index (Phi) is 5.08. The minimum atomic E-state index is -5.05. The number of nitro benzene ring substituents is 1. The third-order valence-electron chi connectivity index (χ3n) is 2.41. The number of nitro groups is 1. The zero-order valence-electron chi connectivity index (χ0n) is 10.7. The molecule has 0 fully saturated rings. The van der Waals surface area contributed by atoms with Crippen LogP contribution in [0.1, 0.15) is 5.56 Å². The molecule has 0 aliphatic rings. The van der Waals surface area contributed by atoms with Gasteiger partial charge in [0.2, 0.25) is 5.75 Å². The number of hydrogen-bond acceptors (Lipinski definition) is 6. The van der Waals surface area contributed by atoms with Crippen molar-refractivity contribution in [1.82, 2.24) is 0 Å². The predicted molar refractivity (Wildman–Crippen MR) is 63.5 cm³/mol. The third kappa shape index (κ3) is 4.91. The highest BCUT2D eigenvalue weighted by atomic mass is 19.4. The number of carbonyl (C=O) groups excluding carboxylic acids is 1. The van der Waals surface area contributed by atoms with E-state index >= 15 is 0 Å². The summed E-state index contributed by atoms with van der Waals surface area (Å²) in [7, 11) is 1.12. The molecule has 0 aliphatic heterocycles. The highest BCUT2D eigenvalue weighted by molar-refractivity contribution is 5.75. The van der Waals surface area contributed by atoms with Crippen LogP contribution in [-0.2, 0) is 16.0 Å². The molecular formula is C11H11F3N2O5. The van der Waals surface area contributed by atoms with Crippen LogP contribution in [0.2, 0.25) is 0 Å². The molecule has 0 saturated carbocycles. The van der Waals surface area contributed by atoms with Crippen LogP contribution < -0.4 is 10.5 Å². The first-order valence-corrected chi connectivity index (χ1v) is 5.50. The number of esters is 1. The summed E-state index contributed by atoms with van der Waals surface area (Å²) in [5, 5.41) is 10.8. The maximum atomic E-state index is 12.1. The van der Waals surface area contributed by atoms with Crippen LogP contribution in [0.25, 0.3) is 0 Å². The lowest BCUT2D eigenvalue weighted by Crippen LogP contribution is -2.33. The van der Waals surface area contributed by atoms with Crippen LogP contribution in [0.15, 0.2) is 18.2 Å². The van der Waals surface area contributed by atoms with Crippen molar-refractivity contribution in [3.63, 3.8) is 0 Å². The molecule has 2 N–H and O–H groups in total. The standard InChI is InChI=1S/C11H11F3N2O5/c1-20-10(17)7(15)4-6-2-3-9(21-11(12,13)14)8(5-6)16(18)19/h2-3,5,7H,4,15H2,1H3/t7-/m1/s1. The first-order valence-electron chi connectivity index (χ1n) is 5.50. The van der Waals surface area contributed by atoms with Gasteiger partial charge in [0, 0.05) is 6.07 Å². The average Bonchev–Trinajstić information content (AvgIpc) is 2.37. The summed E-state index contributed by atoms with van der Waals surface area (Å²) in [6.07, 6.45) is -5.17. The number of carbonyl (C=O) groups is 1. The van der Waals surface area contributed by atoms with Crippen LogP contribution in [0, 0.1) is 10.1 Å². The average molecular weight is 308 g/mol. The lowest BCUT2D eigenvalue weighted by atomic mass is 10.1. The molecule has 1 rings (SSSR count).